The number of aliphatic hydroxyl groups is 1. The van der Waals surface area contributed by atoms with Crippen molar-refractivity contribution in [2.45, 2.75) is 66.0 Å². The summed E-state index contributed by atoms with van der Waals surface area (Å²) in [5, 5.41) is 10.5. The van der Waals surface area contributed by atoms with E-state index >= 15 is 0 Å². The Bertz CT molecular complexity index is 783. The zero-order chi connectivity index (χ0) is 22.6. The molecule has 3 heteroatoms. The lowest BCUT2D eigenvalue weighted by Crippen LogP contribution is -2.46. The van der Waals surface area contributed by atoms with Gasteiger partial charge in [0.15, 0.2) is 0 Å². The van der Waals surface area contributed by atoms with Gasteiger partial charge in [-0.2, -0.15) is 0 Å². The van der Waals surface area contributed by atoms with Crippen LogP contribution in [0.2, 0.25) is 0 Å². The molecule has 30 heavy (non-hydrogen) atoms. The van der Waals surface area contributed by atoms with Gasteiger partial charge in [-0.1, -0.05) is 76.6 Å². The Labute approximate surface area is 184 Å². The molecule has 3 nitrogen and oxygen atoms in total. The average molecular weight is 413 g/mol. The van der Waals surface area contributed by atoms with Gasteiger partial charge < -0.3 is 14.3 Å². The maximum absolute atomic E-state index is 10.5. The molecular formula is C27H42NO2+. The highest BCUT2D eigenvalue weighted by Crippen LogP contribution is 2.36. The van der Waals surface area contributed by atoms with E-state index in [9.17, 15) is 5.11 Å². The first-order valence-corrected chi connectivity index (χ1v) is 11.0. The number of rotatable bonds is 9. The lowest BCUT2D eigenvalue weighted by atomic mass is 9.72. The lowest BCUT2D eigenvalue weighted by molar-refractivity contribution is -0.906. The van der Waals surface area contributed by atoms with Crippen molar-refractivity contribution in [3.05, 3.63) is 65.2 Å². The second-order valence-corrected chi connectivity index (χ2v) is 11.4. The fraction of sp³-hybridized carbons (Fsp3) is 0.556. The Morgan fingerprint density at radius 1 is 0.900 bits per heavy atom. The molecule has 2 aromatic rings. The standard InChI is InChI=1S/C27H42NO2/c1-21-9-11-22(12-10-21)17-28(7,8)18-24(29)19-30-25-15-13-23(14-16-25)27(5,6)20-26(2,3)4/h9-16,24,29H,17-20H2,1-8H3/q+1/t24-/m0/s1. The zero-order valence-corrected chi connectivity index (χ0v) is 20.3. The van der Waals surface area contributed by atoms with E-state index in [1.165, 1.54) is 16.7 Å². The molecule has 0 aliphatic rings. The van der Waals surface area contributed by atoms with Crippen molar-refractivity contribution >= 4 is 0 Å². The molecule has 0 radical (unpaired) electrons. The molecule has 0 heterocycles. The first-order valence-electron chi connectivity index (χ1n) is 11.0. The minimum absolute atomic E-state index is 0.119. The first-order chi connectivity index (χ1) is 13.8. The van der Waals surface area contributed by atoms with E-state index in [-0.39, 0.29) is 10.8 Å². The predicted octanol–water partition coefficient (Wildman–Crippen LogP) is 5.73. The third-order valence-electron chi connectivity index (χ3n) is 5.49. The van der Waals surface area contributed by atoms with Crippen LogP contribution in [0.3, 0.4) is 0 Å². The van der Waals surface area contributed by atoms with Gasteiger partial charge in [-0.25, -0.2) is 0 Å². The van der Waals surface area contributed by atoms with Crippen molar-refractivity contribution < 1.29 is 14.3 Å². The van der Waals surface area contributed by atoms with E-state index in [1.54, 1.807) is 0 Å². The number of ether oxygens (including phenoxy) is 1. The molecule has 1 atom stereocenters. The van der Waals surface area contributed by atoms with Crippen LogP contribution in [0.1, 0.15) is 57.7 Å². The first kappa shape index (κ1) is 24.4. The van der Waals surface area contributed by atoms with Crippen LogP contribution in [0.25, 0.3) is 0 Å². The summed E-state index contributed by atoms with van der Waals surface area (Å²) in [6.07, 6.45) is 0.606. The molecule has 0 fully saturated rings. The minimum Gasteiger partial charge on any atom is -0.491 e. The molecule has 0 spiro atoms. The Kier molecular flexibility index (Phi) is 7.76. The maximum atomic E-state index is 10.5. The quantitative estimate of drug-likeness (QED) is 0.533. The van der Waals surface area contributed by atoms with Crippen molar-refractivity contribution in [2.24, 2.45) is 5.41 Å². The van der Waals surface area contributed by atoms with Crippen LogP contribution in [0.4, 0.5) is 0 Å². The van der Waals surface area contributed by atoms with Gasteiger partial charge in [0.2, 0.25) is 0 Å². The fourth-order valence-electron chi connectivity index (χ4n) is 4.50. The normalized spacial score (nSPS) is 13.9. The third-order valence-corrected chi connectivity index (χ3v) is 5.49. The number of hydrogen-bond acceptors (Lipinski definition) is 2. The number of hydrogen-bond donors (Lipinski definition) is 1. The van der Waals surface area contributed by atoms with Crippen molar-refractivity contribution in [2.75, 3.05) is 27.2 Å². The molecule has 2 aromatic carbocycles. The number of likely N-dealkylation sites (N-methyl/N-ethyl adjacent to an activating group) is 1. The van der Waals surface area contributed by atoms with Gasteiger partial charge in [0.25, 0.3) is 0 Å². The predicted molar refractivity (Wildman–Crippen MR) is 127 cm³/mol. The summed E-state index contributed by atoms with van der Waals surface area (Å²) in [5.74, 6) is 0.813. The van der Waals surface area contributed by atoms with Crippen molar-refractivity contribution in [3.63, 3.8) is 0 Å². The van der Waals surface area contributed by atoms with E-state index in [0.29, 0.717) is 17.6 Å². The summed E-state index contributed by atoms with van der Waals surface area (Å²) < 4.78 is 6.60. The Morgan fingerprint density at radius 2 is 1.47 bits per heavy atom. The Balaban J connectivity index is 1.88. The van der Waals surface area contributed by atoms with Gasteiger partial charge >= 0.3 is 0 Å². The van der Waals surface area contributed by atoms with Crippen molar-refractivity contribution in [1.29, 1.82) is 0 Å². The van der Waals surface area contributed by atoms with Crippen LogP contribution >= 0.6 is 0 Å². The molecule has 0 saturated carbocycles. The van der Waals surface area contributed by atoms with E-state index < -0.39 is 6.10 Å². The van der Waals surface area contributed by atoms with E-state index in [2.05, 4.69) is 92.0 Å². The van der Waals surface area contributed by atoms with Crippen LogP contribution in [0.5, 0.6) is 5.75 Å². The van der Waals surface area contributed by atoms with E-state index in [0.717, 1.165) is 18.7 Å². The summed E-state index contributed by atoms with van der Waals surface area (Å²) >= 11 is 0. The summed E-state index contributed by atoms with van der Waals surface area (Å²) in [7, 11) is 4.30. The van der Waals surface area contributed by atoms with Gasteiger partial charge in [-0.3, -0.25) is 0 Å². The number of aryl methyl sites for hydroxylation is 1. The molecule has 0 amide bonds. The van der Waals surface area contributed by atoms with Gasteiger partial charge in [0.05, 0.1) is 14.1 Å². The summed E-state index contributed by atoms with van der Waals surface area (Å²) in [6, 6.07) is 17.0. The SMILES string of the molecule is Cc1ccc(C[N+](C)(C)C[C@H](O)COc2ccc(C(C)(C)CC(C)(C)C)cc2)cc1. The molecule has 0 bridgehead atoms. The molecular weight excluding hydrogens is 370 g/mol. The molecule has 1 N–H and O–H groups in total. The van der Waals surface area contributed by atoms with Crippen LogP contribution < -0.4 is 4.74 Å². The highest BCUT2D eigenvalue weighted by atomic mass is 16.5. The largest absolute Gasteiger partial charge is 0.491 e. The fourth-order valence-corrected chi connectivity index (χ4v) is 4.50. The van der Waals surface area contributed by atoms with Crippen LogP contribution in [0.15, 0.2) is 48.5 Å². The summed E-state index contributed by atoms with van der Waals surface area (Å²) in [5.41, 5.74) is 4.28. The Hall–Kier alpha value is -1.84. The summed E-state index contributed by atoms with van der Waals surface area (Å²) in [4.78, 5) is 0. The second-order valence-electron chi connectivity index (χ2n) is 11.4. The van der Waals surface area contributed by atoms with E-state index in [4.69, 9.17) is 4.74 Å². The Morgan fingerprint density at radius 3 is 2.00 bits per heavy atom. The molecule has 0 aliphatic carbocycles. The summed E-state index contributed by atoms with van der Waals surface area (Å²) in [6.45, 7) is 15.4. The maximum Gasteiger partial charge on any atom is 0.137 e. The molecule has 0 unspecified atom stereocenters. The lowest BCUT2D eigenvalue weighted by Gasteiger charge is -2.33. The van der Waals surface area contributed by atoms with Crippen LogP contribution in [0, 0.1) is 12.3 Å². The van der Waals surface area contributed by atoms with Gasteiger partial charge in [0, 0.05) is 5.56 Å². The van der Waals surface area contributed by atoms with Crippen LogP contribution in [-0.4, -0.2) is 42.9 Å². The highest BCUT2D eigenvalue weighted by molar-refractivity contribution is 5.31. The van der Waals surface area contributed by atoms with E-state index in [1.807, 2.05) is 12.1 Å². The number of quaternary nitrogens is 1. The second kappa shape index (κ2) is 9.53. The van der Waals surface area contributed by atoms with Gasteiger partial charge in [0.1, 0.15) is 31.5 Å². The molecule has 0 aliphatic heterocycles. The molecule has 0 aromatic heterocycles. The van der Waals surface area contributed by atoms with Gasteiger partial charge in [-0.15, -0.1) is 0 Å². The number of aliphatic hydroxyl groups excluding tert-OH is 1. The van der Waals surface area contributed by atoms with Gasteiger partial charge in [-0.05, 0) is 41.9 Å². The van der Waals surface area contributed by atoms with Crippen LogP contribution in [-0.2, 0) is 12.0 Å². The minimum atomic E-state index is -0.512. The third kappa shape index (κ3) is 8.12. The number of benzene rings is 2. The molecule has 0 saturated heterocycles. The topological polar surface area (TPSA) is 29.5 Å². The average Bonchev–Trinajstić information content (AvgIpc) is 2.60. The van der Waals surface area contributed by atoms with Crippen molar-refractivity contribution in [1.82, 2.24) is 0 Å². The smallest absolute Gasteiger partial charge is 0.137 e. The van der Waals surface area contributed by atoms with Crippen molar-refractivity contribution in [3.8, 4) is 5.75 Å². The zero-order valence-electron chi connectivity index (χ0n) is 20.3. The number of nitrogens with zero attached hydrogens (tertiary/aromatic N) is 1. The highest BCUT2D eigenvalue weighted by Gasteiger charge is 2.27. The molecule has 2 rings (SSSR count). The monoisotopic (exact) mass is 412 g/mol. The molecule has 166 valence electrons.